The van der Waals surface area contributed by atoms with E-state index < -0.39 is 26.3 Å². The van der Waals surface area contributed by atoms with Crippen LogP contribution in [-0.4, -0.2) is 19.3 Å². The van der Waals surface area contributed by atoms with E-state index in [0.717, 1.165) is 12.3 Å². The van der Waals surface area contributed by atoms with Crippen molar-refractivity contribution in [2.75, 3.05) is 4.72 Å². The number of hydrogen-bond acceptors (Lipinski definition) is 4. The van der Waals surface area contributed by atoms with Crippen molar-refractivity contribution in [2.24, 2.45) is 5.73 Å². The molecule has 0 unspecified atom stereocenters. The maximum atomic E-state index is 12.1. The number of halogens is 1. The molecule has 0 fully saturated rings. The Hall–Kier alpha value is -2.32. The van der Waals surface area contributed by atoms with E-state index in [-0.39, 0.29) is 16.3 Å². The summed E-state index contributed by atoms with van der Waals surface area (Å²) in [7, 11) is -4.06. The van der Waals surface area contributed by atoms with Crippen LogP contribution in [0.2, 0.25) is 5.02 Å². The molecule has 7 nitrogen and oxygen atoms in total. The first kappa shape index (κ1) is 15.1. The first-order valence-corrected chi connectivity index (χ1v) is 7.46. The summed E-state index contributed by atoms with van der Waals surface area (Å²) >= 11 is 5.83. The minimum Gasteiger partial charge on any atom is -0.366 e. The molecule has 21 heavy (non-hydrogen) atoms. The van der Waals surface area contributed by atoms with E-state index in [1.54, 1.807) is 0 Å². The molecule has 1 amide bonds. The highest BCUT2D eigenvalue weighted by Gasteiger charge is 2.18. The van der Waals surface area contributed by atoms with Crippen LogP contribution in [0.4, 0.5) is 5.69 Å². The lowest BCUT2D eigenvalue weighted by Gasteiger charge is -2.08. The number of benzene rings is 1. The van der Waals surface area contributed by atoms with Gasteiger partial charge in [-0.05, 0) is 18.2 Å². The molecule has 1 aromatic carbocycles. The van der Waals surface area contributed by atoms with Gasteiger partial charge >= 0.3 is 0 Å². The van der Waals surface area contributed by atoms with Gasteiger partial charge in [0, 0.05) is 18.5 Å². The topological polar surface area (TPSA) is 122 Å². The molecular weight excluding hydrogens is 318 g/mol. The number of sulfonamides is 1. The summed E-state index contributed by atoms with van der Waals surface area (Å²) in [6.45, 7) is 0. The number of nitrogens with one attached hydrogen (secondary N) is 2. The van der Waals surface area contributed by atoms with Gasteiger partial charge in [0.2, 0.25) is 11.3 Å². The van der Waals surface area contributed by atoms with Crippen LogP contribution in [-0.2, 0) is 10.0 Å². The molecule has 0 spiro atoms. The summed E-state index contributed by atoms with van der Waals surface area (Å²) < 4.78 is 26.4. The number of aromatic nitrogens is 1. The fourth-order valence-corrected chi connectivity index (χ4v) is 2.98. The average molecular weight is 328 g/mol. The molecule has 0 aliphatic rings. The van der Waals surface area contributed by atoms with Gasteiger partial charge in [0.25, 0.3) is 10.0 Å². The zero-order chi connectivity index (χ0) is 15.6. The number of rotatable bonds is 4. The summed E-state index contributed by atoms with van der Waals surface area (Å²) in [6, 6.07) is 4.94. The van der Waals surface area contributed by atoms with Crippen LogP contribution in [0.15, 0.2) is 46.3 Å². The molecule has 9 heteroatoms. The molecule has 0 saturated heterocycles. The van der Waals surface area contributed by atoms with Gasteiger partial charge in [0.1, 0.15) is 0 Å². The fraction of sp³-hybridized carbons (Fsp3) is 0. The molecule has 0 aliphatic heterocycles. The van der Waals surface area contributed by atoms with Gasteiger partial charge in [0.15, 0.2) is 4.90 Å². The molecule has 0 saturated carbocycles. The van der Waals surface area contributed by atoms with Gasteiger partial charge in [-0.3, -0.25) is 14.3 Å². The monoisotopic (exact) mass is 327 g/mol. The molecule has 1 aromatic heterocycles. The second-order valence-electron chi connectivity index (χ2n) is 4.04. The van der Waals surface area contributed by atoms with Gasteiger partial charge in [-0.15, -0.1) is 0 Å². The zero-order valence-electron chi connectivity index (χ0n) is 10.5. The second-order valence-corrected chi connectivity index (χ2v) is 6.10. The molecule has 2 rings (SSSR count). The lowest BCUT2D eigenvalue weighted by atomic mass is 10.2. The van der Waals surface area contributed by atoms with Gasteiger partial charge in [0.05, 0.1) is 16.3 Å². The molecule has 0 bridgehead atoms. The Bertz CT molecular complexity index is 861. The Kier molecular flexibility index (Phi) is 4.01. The first-order valence-electron chi connectivity index (χ1n) is 5.60. The Morgan fingerprint density at radius 3 is 2.57 bits per heavy atom. The first-order chi connectivity index (χ1) is 9.81. The van der Waals surface area contributed by atoms with Crippen molar-refractivity contribution in [3.05, 3.63) is 57.5 Å². The number of H-pyrrole nitrogens is 1. The lowest BCUT2D eigenvalue weighted by Crippen LogP contribution is -2.21. The summed E-state index contributed by atoms with van der Waals surface area (Å²) in [5.41, 5.74) is 4.62. The van der Waals surface area contributed by atoms with Gasteiger partial charge in [-0.1, -0.05) is 11.6 Å². The third-order valence-electron chi connectivity index (χ3n) is 2.56. The third-order valence-corrected chi connectivity index (χ3v) is 4.28. The summed E-state index contributed by atoms with van der Waals surface area (Å²) in [6.07, 6.45) is 2.39. The van der Waals surface area contributed by atoms with Crippen molar-refractivity contribution in [1.82, 2.24) is 4.98 Å². The maximum absolute atomic E-state index is 12.1. The zero-order valence-corrected chi connectivity index (χ0v) is 12.0. The van der Waals surface area contributed by atoms with Crippen LogP contribution in [0.3, 0.4) is 0 Å². The quantitative estimate of drug-likeness (QED) is 0.773. The van der Waals surface area contributed by atoms with Crippen molar-refractivity contribution in [2.45, 2.75) is 4.90 Å². The van der Waals surface area contributed by atoms with E-state index in [1.807, 2.05) is 0 Å². The number of amides is 1. The van der Waals surface area contributed by atoms with Gasteiger partial charge < -0.3 is 10.7 Å². The molecule has 0 atom stereocenters. The fourth-order valence-electron chi connectivity index (χ4n) is 1.60. The highest BCUT2D eigenvalue weighted by molar-refractivity contribution is 7.92. The second kappa shape index (κ2) is 5.58. The molecule has 1 heterocycles. The van der Waals surface area contributed by atoms with Crippen LogP contribution in [0.5, 0.6) is 0 Å². The van der Waals surface area contributed by atoms with E-state index in [2.05, 4.69) is 9.71 Å². The van der Waals surface area contributed by atoms with Gasteiger partial charge in [-0.25, -0.2) is 8.42 Å². The standard InChI is InChI=1S/C12H10ClN3O4S/c13-9-5-7(1-2-8(9)12(14)18)16-21(19,20)11-6-15-4-3-10(11)17/h1-6,16H,(H2,14,18)(H,15,17). The predicted molar refractivity (Wildman–Crippen MR) is 77.8 cm³/mol. The SMILES string of the molecule is NC(=O)c1ccc(NS(=O)(=O)c2c[nH]ccc2=O)cc1Cl. The van der Waals surface area contributed by atoms with Crippen LogP contribution >= 0.6 is 11.6 Å². The van der Waals surface area contributed by atoms with Crippen LogP contribution < -0.4 is 15.9 Å². The molecule has 2 aromatic rings. The number of hydrogen-bond donors (Lipinski definition) is 3. The number of primary amides is 1. The number of carbonyl (C=O) groups is 1. The summed E-state index contributed by atoms with van der Waals surface area (Å²) in [4.78, 5) is 24.7. The number of carbonyl (C=O) groups excluding carboxylic acids is 1. The van der Waals surface area contributed by atoms with Crippen LogP contribution in [0.1, 0.15) is 10.4 Å². The highest BCUT2D eigenvalue weighted by Crippen LogP contribution is 2.22. The molecule has 0 aliphatic carbocycles. The van der Waals surface area contributed by atoms with Crippen molar-refractivity contribution >= 4 is 33.2 Å². The highest BCUT2D eigenvalue weighted by atomic mass is 35.5. The molecule has 110 valence electrons. The Labute approximate surface area is 124 Å². The summed E-state index contributed by atoms with van der Waals surface area (Å²) in [5, 5.41) is 0.00433. The number of anilines is 1. The van der Waals surface area contributed by atoms with Crippen molar-refractivity contribution < 1.29 is 13.2 Å². The molecule has 0 radical (unpaired) electrons. The predicted octanol–water partition coefficient (Wildman–Crippen LogP) is 0.928. The normalized spacial score (nSPS) is 11.1. The van der Waals surface area contributed by atoms with E-state index in [0.29, 0.717) is 0 Å². The van der Waals surface area contributed by atoms with Crippen LogP contribution in [0, 0.1) is 0 Å². The van der Waals surface area contributed by atoms with Crippen LogP contribution in [0.25, 0.3) is 0 Å². The Morgan fingerprint density at radius 1 is 1.29 bits per heavy atom. The van der Waals surface area contributed by atoms with E-state index in [4.69, 9.17) is 17.3 Å². The van der Waals surface area contributed by atoms with Crippen molar-refractivity contribution in [3.8, 4) is 0 Å². The maximum Gasteiger partial charge on any atom is 0.267 e. The van der Waals surface area contributed by atoms with E-state index in [1.165, 1.54) is 24.4 Å². The van der Waals surface area contributed by atoms with Crippen molar-refractivity contribution in [3.63, 3.8) is 0 Å². The number of pyridine rings is 1. The number of nitrogens with two attached hydrogens (primary N) is 1. The summed E-state index contributed by atoms with van der Waals surface area (Å²) in [5.74, 6) is -0.728. The molecule has 4 N–H and O–H groups in total. The van der Waals surface area contributed by atoms with Gasteiger partial charge in [-0.2, -0.15) is 0 Å². The third kappa shape index (κ3) is 3.23. The lowest BCUT2D eigenvalue weighted by molar-refractivity contribution is 0.100. The molecular formula is C12H10ClN3O4S. The van der Waals surface area contributed by atoms with E-state index in [9.17, 15) is 18.0 Å². The number of aromatic amines is 1. The Balaban J connectivity index is 2.38. The largest absolute Gasteiger partial charge is 0.366 e. The smallest absolute Gasteiger partial charge is 0.267 e. The minimum absolute atomic E-state index is 0.00433. The van der Waals surface area contributed by atoms with Crippen molar-refractivity contribution in [1.29, 1.82) is 0 Å². The van der Waals surface area contributed by atoms with E-state index >= 15 is 0 Å². The minimum atomic E-state index is -4.06. The average Bonchev–Trinajstić information content (AvgIpc) is 2.38. The Morgan fingerprint density at radius 2 is 2.00 bits per heavy atom.